The average molecular weight is 271 g/mol. The second kappa shape index (κ2) is 4.51. The number of amides is 1. The van der Waals surface area contributed by atoms with E-state index in [-0.39, 0.29) is 23.5 Å². The van der Waals surface area contributed by atoms with Crippen LogP contribution in [0.3, 0.4) is 0 Å². The number of carbonyl (C=O) groups excluding carboxylic acids is 1. The van der Waals surface area contributed by atoms with Crippen LogP contribution < -0.4 is 5.32 Å². The van der Waals surface area contributed by atoms with E-state index in [0.717, 1.165) is 11.8 Å². The Morgan fingerprint density at radius 2 is 2.00 bits per heavy atom. The molecule has 1 saturated heterocycles. The van der Waals surface area contributed by atoms with Gasteiger partial charge in [0.1, 0.15) is 0 Å². The van der Waals surface area contributed by atoms with Crippen molar-refractivity contribution in [2.45, 2.75) is 44.6 Å². The highest BCUT2D eigenvalue weighted by molar-refractivity contribution is 7.91. The molecular formula is C13H21NO3S. The zero-order valence-electron chi connectivity index (χ0n) is 10.6. The first kappa shape index (κ1) is 12.5. The molecular weight excluding hydrogens is 250 g/mol. The van der Waals surface area contributed by atoms with Gasteiger partial charge in [0.25, 0.3) is 0 Å². The first-order valence-corrected chi connectivity index (χ1v) is 8.84. The topological polar surface area (TPSA) is 63.2 Å². The maximum atomic E-state index is 11.9. The Morgan fingerprint density at radius 1 is 1.17 bits per heavy atom. The van der Waals surface area contributed by atoms with E-state index in [9.17, 15) is 13.2 Å². The minimum Gasteiger partial charge on any atom is -0.352 e. The van der Waals surface area contributed by atoms with Gasteiger partial charge in [-0.1, -0.05) is 6.42 Å². The minimum absolute atomic E-state index is 0.0645. The van der Waals surface area contributed by atoms with Gasteiger partial charge < -0.3 is 5.32 Å². The number of carbonyl (C=O) groups is 1. The van der Waals surface area contributed by atoms with Crippen LogP contribution in [-0.4, -0.2) is 31.9 Å². The zero-order chi connectivity index (χ0) is 12.8. The summed E-state index contributed by atoms with van der Waals surface area (Å²) in [7, 11) is -2.89. The van der Waals surface area contributed by atoms with Crippen LogP contribution >= 0.6 is 0 Å². The van der Waals surface area contributed by atoms with Gasteiger partial charge in [0.05, 0.1) is 11.5 Å². The highest BCUT2D eigenvalue weighted by Crippen LogP contribution is 2.49. The van der Waals surface area contributed by atoms with Gasteiger partial charge in [-0.05, 0) is 43.4 Å². The van der Waals surface area contributed by atoms with Gasteiger partial charge in [-0.25, -0.2) is 8.42 Å². The Balaban J connectivity index is 1.48. The molecule has 2 aliphatic carbocycles. The maximum absolute atomic E-state index is 11.9. The molecule has 0 aromatic heterocycles. The Morgan fingerprint density at radius 3 is 2.56 bits per heavy atom. The largest absolute Gasteiger partial charge is 0.352 e. The molecule has 2 bridgehead atoms. The van der Waals surface area contributed by atoms with Crippen molar-refractivity contribution in [3.05, 3.63) is 0 Å². The molecule has 102 valence electrons. The third kappa shape index (κ3) is 2.56. The molecule has 1 amide bonds. The summed E-state index contributed by atoms with van der Waals surface area (Å²) in [6, 6.07) is -0.138. The second-order valence-electron chi connectivity index (χ2n) is 6.31. The summed E-state index contributed by atoms with van der Waals surface area (Å²) < 4.78 is 22.6. The molecule has 0 radical (unpaired) electrons. The minimum atomic E-state index is -2.89. The maximum Gasteiger partial charge on any atom is 0.220 e. The number of rotatable bonds is 3. The summed E-state index contributed by atoms with van der Waals surface area (Å²) in [5, 5.41) is 2.90. The van der Waals surface area contributed by atoms with Gasteiger partial charge >= 0.3 is 0 Å². The van der Waals surface area contributed by atoms with Crippen LogP contribution in [0.1, 0.15) is 38.5 Å². The SMILES string of the molecule is O=C(C[C@@H]1C[C@H]2CC[C@H]1C2)N[C@H]1CCS(=O)(=O)C1. The molecule has 1 N–H and O–H groups in total. The lowest BCUT2D eigenvalue weighted by Gasteiger charge is -2.21. The third-order valence-electron chi connectivity index (χ3n) is 4.93. The zero-order valence-corrected chi connectivity index (χ0v) is 11.4. The molecule has 1 aliphatic heterocycles. The Hall–Kier alpha value is -0.580. The number of nitrogens with one attached hydrogen (secondary N) is 1. The van der Waals surface area contributed by atoms with Gasteiger partial charge in [0, 0.05) is 12.5 Å². The molecule has 3 aliphatic rings. The Kier molecular flexibility index (Phi) is 3.12. The van der Waals surface area contributed by atoms with E-state index >= 15 is 0 Å². The molecule has 1 heterocycles. The summed E-state index contributed by atoms with van der Waals surface area (Å²) >= 11 is 0. The van der Waals surface area contributed by atoms with Crippen LogP contribution in [-0.2, 0) is 14.6 Å². The molecule has 5 heteroatoms. The van der Waals surface area contributed by atoms with Gasteiger partial charge in [-0.3, -0.25) is 4.79 Å². The van der Waals surface area contributed by atoms with Crippen molar-refractivity contribution in [3.63, 3.8) is 0 Å². The quantitative estimate of drug-likeness (QED) is 0.836. The van der Waals surface area contributed by atoms with Crippen molar-refractivity contribution in [1.82, 2.24) is 5.32 Å². The first-order chi connectivity index (χ1) is 8.52. The molecule has 4 nitrogen and oxygen atoms in total. The fraction of sp³-hybridized carbons (Fsp3) is 0.923. The smallest absolute Gasteiger partial charge is 0.220 e. The van der Waals surface area contributed by atoms with Crippen molar-refractivity contribution in [3.8, 4) is 0 Å². The van der Waals surface area contributed by atoms with Crippen molar-refractivity contribution >= 4 is 15.7 Å². The second-order valence-corrected chi connectivity index (χ2v) is 8.54. The van der Waals surface area contributed by atoms with Crippen LogP contribution in [0.15, 0.2) is 0 Å². The van der Waals surface area contributed by atoms with E-state index in [1.165, 1.54) is 25.7 Å². The molecule has 0 aromatic carbocycles. The van der Waals surface area contributed by atoms with Crippen LogP contribution in [0.2, 0.25) is 0 Å². The fourth-order valence-electron chi connectivity index (χ4n) is 4.06. The highest BCUT2D eigenvalue weighted by Gasteiger charge is 2.40. The number of sulfone groups is 1. The highest BCUT2D eigenvalue weighted by atomic mass is 32.2. The van der Waals surface area contributed by atoms with Gasteiger partial charge in [0.15, 0.2) is 9.84 Å². The van der Waals surface area contributed by atoms with E-state index in [4.69, 9.17) is 0 Å². The molecule has 0 unspecified atom stereocenters. The third-order valence-corrected chi connectivity index (χ3v) is 6.70. The molecule has 0 spiro atoms. The number of hydrogen-bond donors (Lipinski definition) is 1. The molecule has 4 atom stereocenters. The predicted molar refractivity (Wildman–Crippen MR) is 68.8 cm³/mol. The predicted octanol–water partition coefficient (Wildman–Crippen LogP) is 1.12. The van der Waals surface area contributed by atoms with E-state index in [2.05, 4.69) is 5.32 Å². The van der Waals surface area contributed by atoms with Crippen molar-refractivity contribution in [2.24, 2.45) is 17.8 Å². The first-order valence-electron chi connectivity index (χ1n) is 7.01. The summed E-state index contributed by atoms with van der Waals surface area (Å²) in [4.78, 5) is 11.9. The lowest BCUT2D eigenvalue weighted by Crippen LogP contribution is -2.37. The van der Waals surface area contributed by atoms with Gasteiger partial charge in [-0.15, -0.1) is 0 Å². The van der Waals surface area contributed by atoms with Crippen LogP contribution in [0.25, 0.3) is 0 Å². The van der Waals surface area contributed by atoms with Crippen molar-refractivity contribution in [1.29, 1.82) is 0 Å². The number of fused-ring (bicyclic) bond motifs is 2. The lowest BCUT2D eigenvalue weighted by atomic mass is 9.86. The van der Waals surface area contributed by atoms with Crippen molar-refractivity contribution in [2.75, 3.05) is 11.5 Å². The molecule has 3 rings (SSSR count). The van der Waals surface area contributed by atoms with E-state index in [1.54, 1.807) is 0 Å². The summed E-state index contributed by atoms with van der Waals surface area (Å²) in [5.41, 5.74) is 0. The Labute approximate surface area is 108 Å². The van der Waals surface area contributed by atoms with E-state index < -0.39 is 9.84 Å². The molecule has 3 fully saturated rings. The lowest BCUT2D eigenvalue weighted by molar-refractivity contribution is -0.122. The molecule has 18 heavy (non-hydrogen) atoms. The normalized spacial score (nSPS) is 41.1. The van der Waals surface area contributed by atoms with Crippen LogP contribution in [0.5, 0.6) is 0 Å². The number of hydrogen-bond acceptors (Lipinski definition) is 3. The monoisotopic (exact) mass is 271 g/mol. The summed E-state index contributed by atoms with van der Waals surface area (Å²) in [6.45, 7) is 0. The summed E-state index contributed by atoms with van der Waals surface area (Å²) in [6.07, 6.45) is 6.36. The van der Waals surface area contributed by atoms with E-state index in [1.807, 2.05) is 0 Å². The van der Waals surface area contributed by atoms with Crippen LogP contribution in [0, 0.1) is 17.8 Å². The standard InChI is InChI=1S/C13H21NO3S/c15-13(14-12-3-4-18(16,17)8-12)7-11-6-9-1-2-10(11)5-9/h9-12H,1-8H2,(H,14,15)/t9-,10-,11-,12-/m0/s1. The Bertz CT molecular complexity index is 445. The van der Waals surface area contributed by atoms with Crippen molar-refractivity contribution < 1.29 is 13.2 Å². The molecule has 2 saturated carbocycles. The van der Waals surface area contributed by atoms with Gasteiger partial charge in [-0.2, -0.15) is 0 Å². The van der Waals surface area contributed by atoms with E-state index in [0.29, 0.717) is 18.8 Å². The average Bonchev–Trinajstić information content (AvgIpc) is 2.93. The summed E-state index contributed by atoms with van der Waals surface area (Å²) in [5.74, 6) is 2.60. The molecule has 0 aromatic rings. The van der Waals surface area contributed by atoms with Crippen LogP contribution in [0.4, 0.5) is 0 Å². The fourth-order valence-corrected chi connectivity index (χ4v) is 5.73. The van der Waals surface area contributed by atoms with Gasteiger partial charge in [0.2, 0.25) is 5.91 Å².